The monoisotopic (exact) mass is 2200 g/mol. The van der Waals surface area contributed by atoms with E-state index in [2.05, 4.69) is 283 Å². The van der Waals surface area contributed by atoms with Crippen LogP contribution in [-0.4, -0.2) is 111 Å². The molecule has 5 aromatic carbocycles. The van der Waals surface area contributed by atoms with Gasteiger partial charge in [-0.1, -0.05) is 249 Å². The molecular formula is C121H180Cl2F4O10S8. The maximum absolute atomic E-state index is 13.2. The number of allylic oxidation sites excluding steroid dienone is 27. The van der Waals surface area contributed by atoms with Crippen LogP contribution in [0.1, 0.15) is 353 Å². The van der Waals surface area contributed by atoms with Crippen LogP contribution in [0.2, 0.25) is 10.0 Å². The minimum Gasteiger partial charge on any atom is -0.478 e. The Morgan fingerprint density at radius 2 is 0.476 bits per heavy atom. The summed E-state index contributed by atoms with van der Waals surface area (Å²) in [4.78, 5) is 60.7. The Morgan fingerprint density at radius 3 is 0.738 bits per heavy atom. The van der Waals surface area contributed by atoms with Crippen molar-refractivity contribution in [3.05, 3.63) is 333 Å². The number of rotatable bonds is 53. The molecule has 0 aliphatic carbocycles. The summed E-state index contributed by atoms with van der Waals surface area (Å²) in [6.07, 6.45) is 60.4. The SMILES string of the molecule is C.C.CC(C)=CCC/C(C)=C/CC/C(C)=C/CC/C(C)=C/CSc1ccccc1C(=O)O.CC(C)=CCC/C(C)=C/CC/C(C)=C/CSc1cc(Cl)ccc1C(=O)O.CC(C)=CCC/C(C)=C/CC/C(C)=C/CSc1ccc(Cl)cc1C(=O)O.CC(C)=CCC/C(C)=C/CC/C(C)=C/CSc1ccc(F)cc1C(=O)O.CF.CF.CF.COC(=O)c1ccccc1SC/C=C(\C)CC/C=C(\C)CCC=C(C)C.[3H]S.[3H]S.[3H]S. The second-order valence-electron chi connectivity index (χ2n) is 35.1. The second kappa shape index (κ2) is 97.2. The number of halogens is 6. The fourth-order valence-electron chi connectivity index (χ4n) is 12.7. The van der Waals surface area contributed by atoms with E-state index in [1.807, 2.05) is 36.4 Å². The molecular weight excluding hydrogens is 2020 g/mol. The third kappa shape index (κ3) is 83.9. The van der Waals surface area contributed by atoms with Crippen LogP contribution in [0.3, 0.4) is 0 Å². The van der Waals surface area contributed by atoms with Crippen molar-refractivity contribution in [1.82, 2.24) is 0 Å². The summed E-state index contributed by atoms with van der Waals surface area (Å²) in [5, 5.41) is 37.9. The van der Waals surface area contributed by atoms with E-state index in [4.69, 9.17) is 36.4 Å². The minimum atomic E-state index is -1.10. The van der Waals surface area contributed by atoms with E-state index in [0.717, 1.165) is 185 Å². The number of carbonyl (C=O) groups excluding carboxylic acids is 1. The van der Waals surface area contributed by atoms with E-state index in [-0.39, 0.29) is 31.9 Å². The van der Waals surface area contributed by atoms with Crippen LogP contribution in [0, 0.1) is 5.82 Å². The molecule has 0 heterocycles. The standard InChI is InChI=1S/C27H38O2S.C23H32O2S.2C22H29ClO2S.C22H29FO2S.3CH3F.2CH4.3H2S/c1-21(2)11-8-12-22(3)13-9-14-23(4)15-10-16-24(5)19-20-30-26-18-7-6-17-25(26)27(28)29;1-18(2)10-8-11-19(3)12-9-13-20(4)16-17-26-22-15-7-6-14-21(22)23(24)25-5;1-16(2)7-5-8-17(3)9-6-10-18(4)13-14-26-21-12-11-19(23)15-20(21)22(24)25;1-16(2)7-5-8-17(3)9-6-10-18(4)13-14-26-21-15-19(23)11-12-20(21)22(24)25;1-16(2)7-5-8-17(3)9-6-10-18(4)13-14-26-21-12-11-19(23)15-20(21)22(24)25;3*1-2;;;;;/h6-7,11,13,15,17-19H,8-10,12,14,16,20H2,1-5H3,(H,28,29);6-7,10,12,14-16H,8-9,11,13,17H2,1-5H3;3*7,9,11-13,15H,5-6,8,10,14H2,1-4H3,(H,24,25);3*1H3;2*1H4;3*1H2/b22-13+,23-15+,24-19+;19-12+,20-16+;3*17-9+,18-13+;;;;;;;;/i/hT3. The molecule has 814 valence electrons. The molecule has 0 atom stereocenters. The Bertz CT molecular complexity index is 4920. The fourth-order valence-corrected chi connectivity index (χ4v) is 18.3. The van der Waals surface area contributed by atoms with Crippen molar-refractivity contribution in [3.63, 3.8) is 0 Å². The van der Waals surface area contributed by atoms with E-state index in [1.54, 1.807) is 66.0 Å². The van der Waals surface area contributed by atoms with E-state index in [1.165, 1.54) is 150 Å². The van der Waals surface area contributed by atoms with E-state index in [9.17, 15) is 56.9 Å². The van der Waals surface area contributed by atoms with Gasteiger partial charge in [0.2, 0.25) is 0 Å². The normalized spacial score (nSPS) is 11.6. The molecule has 0 spiro atoms. The molecule has 24 heteroatoms. The van der Waals surface area contributed by atoms with E-state index in [0.29, 0.717) is 63.8 Å². The molecule has 10 nitrogen and oxygen atoms in total. The first-order chi connectivity index (χ1) is 69.6. The summed E-state index contributed by atoms with van der Waals surface area (Å²) in [5.41, 5.74) is 23.9. The van der Waals surface area contributed by atoms with Crippen molar-refractivity contribution in [2.45, 2.75) is 326 Å². The predicted octanol–water partition coefficient (Wildman–Crippen LogP) is 41.1. The number of ether oxygens (including phenoxy) is 1. The van der Waals surface area contributed by atoms with Gasteiger partial charge >= 0.3 is 29.8 Å². The average molecular weight is 2200 g/mol. The van der Waals surface area contributed by atoms with Gasteiger partial charge in [0, 0.05) is 63.3 Å². The Hall–Kier alpha value is -7.61. The van der Waals surface area contributed by atoms with Gasteiger partial charge in [0.05, 0.1) is 59.8 Å². The lowest BCUT2D eigenvalue weighted by atomic mass is 10.0. The highest BCUT2D eigenvalue weighted by atomic mass is 35.5. The number of thioether (sulfide) groups is 5. The molecule has 0 aliphatic rings. The van der Waals surface area contributed by atoms with Gasteiger partial charge in [-0.05, 0) is 366 Å². The van der Waals surface area contributed by atoms with Gasteiger partial charge in [-0.15, -0.1) is 58.8 Å². The van der Waals surface area contributed by atoms with Crippen molar-refractivity contribution in [3.8, 4) is 0 Å². The molecule has 5 aromatic rings. The van der Waals surface area contributed by atoms with Crippen LogP contribution in [0.4, 0.5) is 17.6 Å². The van der Waals surface area contributed by atoms with Gasteiger partial charge < -0.3 is 25.2 Å². The Balaban J connectivity index is -0.000000268. The largest absolute Gasteiger partial charge is 0.478 e. The van der Waals surface area contributed by atoms with Gasteiger partial charge in [-0.3, -0.25) is 13.2 Å². The molecule has 0 fully saturated rings. The fraction of sp³-hybridized carbons (Fsp3) is 0.446. The molecule has 5 rings (SSSR count). The summed E-state index contributed by atoms with van der Waals surface area (Å²) in [6.45, 7) is 45.3. The van der Waals surface area contributed by atoms with Crippen LogP contribution in [0.25, 0.3) is 0 Å². The first kappa shape index (κ1) is 146. The highest BCUT2D eigenvalue weighted by Gasteiger charge is 2.16. The summed E-state index contributed by atoms with van der Waals surface area (Å²) in [6, 6.07) is 28.6. The molecule has 0 bridgehead atoms. The van der Waals surface area contributed by atoms with E-state index < -0.39 is 29.7 Å². The zero-order chi connectivity index (χ0) is 112. The number of benzene rings is 5. The van der Waals surface area contributed by atoms with Gasteiger partial charge in [0.15, 0.2) is 0 Å². The number of hydrogen-bond donors (Lipinski definition) is 4. The smallest absolute Gasteiger partial charge is 0.338 e. The first-order valence-corrected chi connectivity index (χ1v) is 53.5. The number of hydrogen-bond acceptors (Lipinski definition) is 11. The van der Waals surface area contributed by atoms with Gasteiger partial charge in [0.25, 0.3) is 0 Å². The molecule has 0 saturated carbocycles. The van der Waals surface area contributed by atoms with Crippen molar-refractivity contribution in [1.29, 1.82) is 3.37 Å². The molecule has 4 N–H and O–H groups in total. The summed E-state index contributed by atoms with van der Waals surface area (Å²) >= 11 is 27.9. The molecule has 0 radical (unpaired) electrons. The van der Waals surface area contributed by atoms with Crippen LogP contribution in [-0.2, 0) is 4.74 Å². The highest BCUT2D eigenvalue weighted by molar-refractivity contribution is 8.00. The van der Waals surface area contributed by atoms with Crippen molar-refractivity contribution < 1.29 is 66.7 Å². The Morgan fingerprint density at radius 1 is 0.276 bits per heavy atom. The number of carboxylic acid groups (broad SMARTS) is 4. The van der Waals surface area contributed by atoms with Crippen molar-refractivity contribution in [2.75, 3.05) is 57.4 Å². The third-order valence-corrected chi connectivity index (χ3v) is 26.4. The number of methoxy groups -OCH3 is 1. The van der Waals surface area contributed by atoms with Gasteiger partial charge in [0.1, 0.15) is 5.82 Å². The highest BCUT2D eigenvalue weighted by Crippen LogP contribution is 2.32. The van der Waals surface area contributed by atoms with Gasteiger partial charge in [-0.25, -0.2) is 28.4 Å². The minimum absolute atomic E-state index is 0. The lowest BCUT2D eigenvalue weighted by Crippen LogP contribution is -2.02. The molecule has 145 heavy (non-hydrogen) atoms. The third-order valence-electron chi connectivity index (χ3n) is 20.9. The van der Waals surface area contributed by atoms with Crippen LogP contribution in [0.5, 0.6) is 0 Å². The van der Waals surface area contributed by atoms with Gasteiger partial charge in [-0.2, -0.15) is 40.2 Å². The Kier molecular flexibility index (Phi) is 97.7. The number of esters is 1. The number of aromatic carboxylic acids is 4. The van der Waals surface area contributed by atoms with Crippen molar-refractivity contribution >= 4 is 152 Å². The molecule has 0 aliphatic heterocycles. The predicted molar refractivity (Wildman–Crippen MR) is 651 cm³/mol. The number of carbonyl (C=O) groups is 5. The van der Waals surface area contributed by atoms with Crippen LogP contribution in [0.15, 0.2) is 314 Å². The van der Waals surface area contributed by atoms with Crippen LogP contribution < -0.4 is 0 Å². The topological polar surface area (TPSA) is 175 Å². The summed E-state index contributed by atoms with van der Waals surface area (Å²) in [5.74, 6) is -0.763. The van der Waals surface area contributed by atoms with Crippen molar-refractivity contribution in [2.24, 2.45) is 0 Å². The zero-order valence-corrected chi connectivity index (χ0v) is 98.3. The summed E-state index contributed by atoms with van der Waals surface area (Å²) in [7, 11) is 2.92. The summed E-state index contributed by atoms with van der Waals surface area (Å²) < 4.78 is 62.9. The maximum atomic E-state index is 13.2. The first-order valence-electron chi connectivity index (χ1n) is 49.2. The lowest BCUT2D eigenvalue weighted by molar-refractivity contribution is 0.0594. The lowest BCUT2D eigenvalue weighted by Gasteiger charge is -2.06. The zero-order valence-electron chi connectivity index (χ0n) is 93.0. The molecule has 0 amide bonds. The number of alkyl halides is 3. The average Bonchev–Trinajstić information content (AvgIpc) is 0.846. The van der Waals surface area contributed by atoms with E-state index >= 15 is 0 Å². The Labute approximate surface area is 931 Å². The molecule has 0 aromatic heterocycles. The second-order valence-corrected chi connectivity index (χ2v) is 41.3. The maximum Gasteiger partial charge on any atom is 0.338 e. The molecule has 0 unspecified atom stereocenters. The number of carboxylic acids is 4. The molecule has 0 saturated heterocycles. The quantitative estimate of drug-likeness (QED) is 0.0125. The van der Waals surface area contributed by atoms with Crippen LogP contribution >= 0.6 is 122 Å².